The number of benzene rings is 3. The van der Waals surface area contributed by atoms with Gasteiger partial charge in [-0.1, -0.05) is 48.5 Å². The van der Waals surface area contributed by atoms with Crippen LogP contribution in [0.3, 0.4) is 0 Å². The molecule has 1 fully saturated rings. The topological polar surface area (TPSA) is 62.2 Å². The molecule has 0 saturated carbocycles. The average molecular weight is 532 g/mol. The Balaban J connectivity index is 1.10. The van der Waals surface area contributed by atoms with E-state index in [1.165, 1.54) is 17.7 Å². The number of piperazine rings is 1. The molecule has 0 radical (unpaired) electrons. The highest BCUT2D eigenvalue weighted by atomic mass is 19.1. The lowest BCUT2D eigenvalue weighted by Crippen LogP contribution is -2.46. The van der Waals surface area contributed by atoms with E-state index >= 15 is 0 Å². The van der Waals surface area contributed by atoms with Crippen LogP contribution in [0.4, 0.5) is 10.2 Å². The molecule has 6 nitrogen and oxygen atoms in total. The molecule has 6 rings (SSSR count). The number of Topliss-reactive ketones (excluding diaryl/α,β-unsaturated/α-hetero) is 1. The third kappa shape index (κ3) is 6.21. The summed E-state index contributed by atoms with van der Waals surface area (Å²) in [6.07, 6.45) is 6.15. The molecule has 0 aliphatic carbocycles. The standard InChI is InChI=1S/C33H30FN5O/c34-29-5-1-3-25(17-29)19-30(40)18-24-6-8-27(9-7-24)28-10-11-31-32(20-28)37-33(22-36-31)39-15-13-38(14-16-39)23-26-4-2-12-35-21-26/h1-12,17,20-22H,13-16,18-19,23H2. The van der Waals surface area contributed by atoms with Crippen molar-refractivity contribution >= 4 is 22.6 Å². The van der Waals surface area contributed by atoms with E-state index in [-0.39, 0.29) is 18.0 Å². The molecule has 0 unspecified atom stereocenters. The van der Waals surface area contributed by atoms with Gasteiger partial charge in [0.05, 0.1) is 17.2 Å². The van der Waals surface area contributed by atoms with Crippen LogP contribution in [-0.2, 0) is 24.2 Å². The fraction of sp³-hybridized carbons (Fsp3) is 0.212. The number of nitrogens with zero attached hydrogens (tertiary/aromatic N) is 5. The number of ketones is 1. The molecule has 5 aromatic rings. The monoisotopic (exact) mass is 531 g/mol. The second-order valence-electron chi connectivity index (χ2n) is 10.3. The maximum atomic E-state index is 13.4. The van der Waals surface area contributed by atoms with Gasteiger partial charge in [0.2, 0.25) is 0 Å². The van der Waals surface area contributed by atoms with Gasteiger partial charge >= 0.3 is 0 Å². The Morgan fingerprint density at radius 1 is 0.750 bits per heavy atom. The minimum absolute atomic E-state index is 0.0600. The zero-order valence-corrected chi connectivity index (χ0v) is 22.2. The Kier molecular flexibility index (Phi) is 7.55. The molecule has 200 valence electrons. The van der Waals surface area contributed by atoms with Gasteiger partial charge in [0.25, 0.3) is 0 Å². The van der Waals surface area contributed by atoms with Crippen molar-refractivity contribution in [2.45, 2.75) is 19.4 Å². The van der Waals surface area contributed by atoms with E-state index in [2.05, 4.69) is 38.0 Å². The molecule has 40 heavy (non-hydrogen) atoms. The number of hydrogen-bond donors (Lipinski definition) is 0. The van der Waals surface area contributed by atoms with Crippen molar-refractivity contribution < 1.29 is 9.18 Å². The van der Waals surface area contributed by atoms with Gasteiger partial charge in [-0.3, -0.25) is 19.7 Å². The lowest BCUT2D eigenvalue weighted by Gasteiger charge is -2.35. The number of carbonyl (C=O) groups excluding carboxylic acids is 1. The number of aromatic nitrogens is 3. The number of anilines is 1. The number of fused-ring (bicyclic) bond motifs is 1. The van der Waals surface area contributed by atoms with Crippen LogP contribution >= 0.6 is 0 Å². The fourth-order valence-electron chi connectivity index (χ4n) is 5.20. The summed E-state index contributed by atoms with van der Waals surface area (Å²) >= 11 is 0. The van der Waals surface area contributed by atoms with Gasteiger partial charge < -0.3 is 4.90 Å². The number of rotatable bonds is 8. The van der Waals surface area contributed by atoms with E-state index in [1.807, 2.05) is 55.0 Å². The van der Waals surface area contributed by atoms with Gasteiger partial charge in [-0.2, -0.15) is 0 Å². The first kappa shape index (κ1) is 25.8. The number of pyridine rings is 1. The number of carbonyl (C=O) groups is 1. The van der Waals surface area contributed by atoms with Crippen molar-refractivity contribution in [3.8, 4) is 11.1 Å². The molecule has 0 spiro atoms. The van der Waals surface area contributed by atoms with Crippen LogP contribution in [0.1, 0.15) is 16.7 Å². The van der Waals surface area contributed by atoms with Crippen LogP contribution in [0.2, 0.25) is 0 Å². The quantitative estimate of drug-likeness (QED) is 0.263. The molecule has 1 aliphatic heterocycles. The second kappa shape index (κ2) is 11.7. The van der Waals surface area contributed by atoms with E-state index in [1.54, 1.807) is 12.1 Å². The highest BCUT2D eigenvalue weighted by Gasteiger charge is 2.19. The van der Waals surface area contributed by atoms with E-state index in [0.29, 0.717) is 12.0 Å². The van der Waals surface area contributed by atoms with Gasteiger partial charge in [0.1, 0.15) is 17.4 Å². The predicted octanol–water partition coefficient (Wildman–Crippen LogP) is 5.51. The molecule has 1 aliphatic rings. The lowest BCUT2D eigenvalue weighted by molar-refractivity contribution is -0.117. The van der Waals surface area contributed by atoms with Crippen LogP contribution in [0.25, 0.3) is 22.2 Å². The van der Waals surface area contributed by atoms with Gasteiger partial charge in [-0.15, -0.1) is 0 Å². The summed E-state index contributed by atoms with van der Waals surface area (Å²) in [4.78, 5) is 31.1. The highest BCUT2D eigenvalue weighted by Crippen LogP contribution is 2.25. The molecule has 3 heterocycles. The van der Waals surface area contributed by atoms with Crippen LogP contribution < -0.4 is 4.90 Å². The summed E-state index contributed by atoms with van der Waals surface area (Å²) in [6, 6.07) is 24.5. The Labute approximate surface area is 233 Å². The van der Waals surface area contributed by atoms with Crippen LogP contribution in [0, 0.1) is 5.82 Å². The molecule has 0 amide bonds. The zero-order chi connectivity index (χ0) is 27.3. The van der Waals surface area contributed by atoms with Crippen molar-refractivity contribution in [1.82, 2.24) is 19.9 Å². The number of halogens is 1. The van der Waals surface area contributed by atoms with Crippen LogP contribution in [-0.4, -0.2) is 51.8 Å². The van der Waals surface area contributed by atoms with E-state index in [9.17, 15) is 9.18 Å². The number of hydrogen-bond acceptors (Lipinski definition) is 6. The highest BCUT2D eigenvalue weighted by molar-refractivity contribution is 5.84. The minimum atomic E-state index is -0.318. The summed E-state index contributed by atoms with van der Waals surface area (Å²) in [6.45, 7) is 4.64. The first-order valence-electron chi connectivity index (χ1n) is 13.6. The molecule has 1 saturated heterocycles. The van der Waals surface area contributed by atoms with Crippen LogP contribution in [0.15, 0.2) is 97.5 Å². The van der Waals surface area contributed by atoms with Gasteiger partial charge in [-0.25, -0.2) is 9.37 Å². The maximum absolute atomic E-state index is 13.4. The van der Waals surface area contributed by atoms with Gasteiger partial charge in [-0.05, 0) is 58.1 Å². The SMILES string of the molecule is O=C(Cc1ccc(-c2ccc3ncc(N4CCN(Cc5cccnc5)CC4)nc3c2)cc1)Cc1cccc(F)c1. The first-order valence-corrected chi connectivity index (χ1v) is 13.6. The smallest absolute Gasteiger partial charge is 0.147 e. The van der Waals surface area contributed by atoms with Gasteiger partial charge in [0.15, 0.2) is 0 Å². The van der Waals surface area contributed by atoms with Crippen LogP contribution in [0.5, 0.6) is 0 Å². The third-order valence-corrected chi connectivity index (χ3v) is 7.33. The molecule has 3 aromatic carbocycles. The molecule has 7 heteroatoms. The Morgan fingerprint density at radius 3 is 2.30 bits per heavy atom. The summed E-state index contributed by atoms with van der Waals surface area (Å²) in [5.41, 5.74) is 6.71. The summed E-state index contributed by atoms with van der Waals surface area (Å²) in [7, 11) is 0. The molecular weight excluding hydrogens is 501 g/mol. The van der Waals surface area contributed by atoms with Crippen molar-refractivity contribution in [3.63, 3.8) is 0 Å². The normalized spacial score (nSPS) is 14.0. The molecule has 0 N–H and O–H groups in total. The Hall–Kier alpha value is -4.49. The molecular formula is C33H30FN5O. The maximum Gasteiger partial charge on any atom is 0.147 e. The Morgan fingerprint density at radius 2 is 1.52 bits per heavy atom. The van der Waals surface area contributed by atoms with Crippen molar-refractivity contribution in [2.75, 3.05) is 31.1 Å². The summed E-state index contributed by atoms with van der Waals surface area (Å²) < 4.78 is 13.4. The lowest BCUT2D eigenvalue weighted by atomic mass is 9.99. The summed E-state index contributed by atoms with van der Waals surface area (Å²) in [5.74, 6) is 0.642. The summed E-state index contributed by atoms with van der Waals surface area (Å²) in [5, 5.41) is 0. The molecule has 2 aromatic heterocycles. The van der Waals surface area contributed by atoms with E-state index < -0.39 is 0 Å². The average Bonchev–Trinajstić information content (AvgIpc) is 2.98. The first-order chi connectivity index (χ1) is 19.6. The molecule has 0 atom stereocenters. The van der Waals surface area contributed by atoms with E-state index in [0.717, 1.165) is 66.3 Å². The minimum Gasteiger partial charge on any atom is -0.353 e. The van der Waals surface area contributed by atoms with Crippen molar-refractivity contribution in [1.29, 1.82) is 0 Å². The zero-order valence-electron chi connectivity index (χ0n) is 22.2. The predicted molar refractivity (Wildman–Crippen MR) is 156 cm³/mol. The van der Waals surface area contributed by atoms with Gasteiger partial charge in [0, 0.05) is 58.0 Å². The van der Waals surface area contributed by atoms with E-state index in [4.69, 9.17) is 4.98 Å². The largest absolute Gasteiger partial charge is 0.353 e. The van der Waals surface area contributed by atoms with Crippen molar-refractivity contribution in [3.05, 3.63) is 120 Å². The fourth-order valence-corrected chi connectivity index (χ4v) is 5.20. The second-order valence-corrected chi connectivity index (χ2v) is 10.3. The van der Waals surface area contributed by atoms with Crippen molar-refractivity contribution in [2.24, 2.45) is 0 Å². The molecule has 0 bridgehead atoms. The Bertz CT molecular complexity index is 1620. The third-order valence-electron chi connectivity index (χ3n) is 7.33.